The number of hydrogen-bond acceptors (Lipinski definition) is 3. The summed E-state index contributed by atoms with van der Waals surface area (Å²) in [7, 11) is 0. The maximum absolute atomic E-state index is 8.74. The molecule has 119 valence electrons. The van der Waals surface area contributed by atoms with Crippen molar-refractivity contribution >= 4 is 11.8 Å². The van der Waals surface area contributed by atoms with Crippen molar-refractivity contribution in [2.24, 2.45) is 0 Å². The van der Waals surface area contributed by atoms with E-state index in [2.05, 4.69) is 48.0 Å². The van der Waals surface area contributed by atoms with Crippen molar-refractivity contribution in [3.63, 3.8) is 0 Å². The molecule has 1 radical (unpaired) electrons. The number of nitrogens with zero attached hydrogens (tertiary/aromatic N) is 1. The molecule has 0 aliphatic carbocycles. The molecule has 0 aromatic heterocycles. The molecule has 0 saturated carbocycles. The van der Waals surface area contributed by atoms with E-state index in [0.29, 0.717) is 5.56 Å². The second-order valence-electron chi connectivity index (χ2n) is 4.81. The zero-order valence-corrected chi connectivity index (χ0v) is 15.3. The zero-order chi connectivity index (χ0) is 14.9. The number of rotatable bonds is 7. The molecule has 0 amide bonds. The van der Waals surface area contributed by atoms with Crippen molar-refractivity contribution in [3.8, 4) is 6.07 Å². The minimum absolute atomic E-state index is 0. The van der Waals surface area contributed by atoms with Gasteiger partial charge in [-0.3, -0.25) is 0 Å². The molecule has 0 aliphatic rings. The number of benzene rings is 2. The Kier molecular flexibility index (Phi) is 9.86. The van der Waals surface area contributed by atoms with Crippen molar-refractivity contribution in [1.29, 1.82) is 5.26 Å². The molecule has 2 aromatic rings. The molecule has 2 rings (SSSR count). The minimum Gasteiger partial charge on any atom is -0.313 e. The Bertz CT molecular complexity index is 605. The van der Waals surface area contributed by atoms with Gasteiger partial charge >= 0.3 is 0 Å². The van der Waals surface area contributed by atoms with Crippen LogP contribution in [0.2, 0.25) is 0 Å². The average molecular weight is 460 g/mol. The van der Waals surface area contributed by atoms with Gasteiger partial charge in [0.2, 0.25) is 0 Å². The number of nitriles is 1. The van der Waals surface area contributed by atoms with Gasteiger partial charge in [0.25, 0.3) is 0 Å². The Morgan fingerprint density at radius 3 is 2.73 bits per heavy atom. The second kappa shape index (κ2) is 11.1. The summed E-state index contributed by atoms with van der Waals surface area (Å²) in [5.41, 5.74) is 3.20. The molecular formula is C18H19HoN2S-. The molecule has 22 heavy (non-hydrogen) atoms. The summed E-state index contributed by atoms with van der Waals surface area (Å²) in [6, 6.07) is 19.4. The van der Waals surface area contributed by atoms with Crippen LogP contribution in [0, 0.1) is 55.1 Å². The second-order valence-corrected chi connectivity index (χ2v) is 5.65. The van der Waals surface area contributed by atoms with E-state index in [1.54, 1.807) is 17.8 Å². The molecule has 0 unspecified atom stereocenters. The van der Waals surface area contributed by atoms with E-state index in [-0.39, 0.29) is 37.7 Å². The quantitative estimate of drug-likeness (QED) is 0.296. The fraction of sp³-hybridized carbons (Fsp3) is 0.278. The van der Waals surface area contributed by atoms with Gasteiger partial charge in [-0.25, -0.2) is 5.26 Å². The van der Waals surface area contributed by atoms with Gasteiger partial charge in [0.05, 0.1) is 0 Å². The van der Waals surface area contributed by atoms with Gasteiger partial charge in [-0.15, -0.1) is 11.8 Å². The first-order valence-electron chi connectivity index (χ1n) is 7.07. The van der Waals surface area contributed by atoms with Crippen molar-refractivity contribution in [2.75, 3.05) is 12.8 Å². The van der Waals surface area contributed by atoms with Gasteiger partial charge in [-0.2, -0.15) is 29.8 Å². The van der Waals surface area contributed by atoms with Crippen LogP contribution in [0.4, 0.5) is 0 Å². The molecule has 0 bridgehead atoms. The monoisotopic (exact) mass is 460 g/mol. The third-order valence-electron chi connectivity index (χ3n) is 3.31. The Morgan fingerprint density at radius 1 is 1.23 bits per heavy atom. The Balaban J connectivity index is 0.00000242. The predicted octanol–water partition coefficient (Wildman–Crippen LogP) is 3.80. The summed E-state index contributed by atoms with van der Waals surface area (Å²) in [4.78, 5) is 1.34. The number of hydrogen-bond donors (Lipinski definition) is 1. The minimum atomic E-state index is 0. The van der Waals surface area contributed by atoms with Crippen molar-refractivity contribution in [2.45, 2.75) is 24.3 Å². The molecule has 2 nitrogen and oxygen atoms in total. The van der Waals surface area contributed by atoms with E-state index < -0.39 is 0 Å². The molecule has 0 saturated heterocycles. The van der Waals surface area contributed by atoms with Crippen molar-refractivity contribution in [3.05, 3.63) is 65.2 Å². The first-order chi connectivity index (χ1) is 10.3. The van der Waals surface area contributed by atoms with E-state index in [0.717, 1.165) is 25.9 Å². The smallest absolute Gasteiger partial charge is 0.0307 e. The van der Waals surface area contributed by atoms with Crippen LogP contribution in [0.1, 0.15) is 23.1 Å². The molecule has 0 heterocycles. The van der Waals surface area contributed by atoms with Gasteiger partial charge in [0.1, 0.15) is 0 Å². The molecule has 4 heteroatoms. The zero-order valence-electron chi connectivity index (χ0n) is 12.5. The molecular weight excluding hydrogens is 441 g/mol. The Morgan fingerprint density at radius 2 is 2.05 bits per heavy atom. The van der Waals surface area contributed by atoms with Crippen LogP contribution in [-0.2, 0) is 13.0 Å². The van der Waals surface area contributed by atoms with Crippen LogP contribution in [0.5, 0.6) is 0 Å². The van der Waals surface area contributed by atoms with Crippen molar-refractivity contribution < 1.29 is 37.7 Å². The molecule has 2 aromatic carbocycles. The molecule has 1 N–H and O–H groups in total. The van der Waals surface area contributed by atoms with Gasteiger partial charge in [0, 0.05) is 55.2 Å². The molecule has 0 fully saturated rings. The van der Waals surface area contributed by atoms with E-state index in [4.69, 9.17) is 5.26 Å². The van der Waals surface area contributed by atoms with E-state index in [1.165, 1.54) is 16.0 Å². The average Bonchev–Trinajstić information content (AvgIpc) is 2.55. The fourth-order valence-corrected chi connectivity index (χ4v) is 2.78. The first kappa shape index (κ1) is 19.5. The number of nitrogens with one attached hydrogen (secondary N) is 1. The van der Waals surface area contributed by atoms with Gasteiger partial charge in [-0.1, -0.05) is 23.8 Å². The standard InChI is InChI=1S/C18H19N2S.Ho/c1-21-18-7-3-2-6-17(18)14-20-12-4-5-15-8-10-16(13-19)11-9-15;/h2-3,6-8,10-11,20H,4-5,12,14H2,1H3;/q-1;. The molecule has 0 aliphatic heterocycles. The van der Waals surface area contributed by atoms with Crippen LogP contribution in [0.15, 0.2) is 47.4 Å². The van der Waals surface area contributed by atoms with Gasteiger partial charge in [-0.05, 0) is 37.3 Å². The Hall–Kier alpha value is -0.500. The summed E-state index contributed by atoms with van der Waals surface area (Å²) >= 11 is 1.79. The summed E-state index contributed by atoms with van der Waals surface area (Å²) in [6.07, 6.45) is 4.17. The summed E-state index contributed by atoms with van der Waals surface area (Å²) in [6.45, 7) is 1.89. The normalized spacial score (nSPS) is 9.82. The molecule has 0 atom stereocenters. The van der Waals surface area contributed by atoms with Crippen LogP contribution in [0.3, 0.4) is 0 Å². The third kappa shape index (κ3) is 6.32. The van der Waals surface area contributed by atoms with Gasteiger partial charge in [0.15, 0.2) is 0 Å². The van der Waals surface area contributed by atoms with Crippen molar-refractivity contribution in [1.82, 2.24) is 5.32 Å². The Labute approximate surface area is 167 Å². The van der Waals surface area contributed by atoms with Crippen LogP contribution >= 0.6 is 11.8 Å². The summed E-state index contributed by atoms with van der Waals surface area (Å²) in [5.74, 6) is 0. The van der Waals surface area contributed by atoms with E-state index in [1.807, 2.05) is 12.1 Å². The molecule has 0 spiro atoms. The topological polar surface area (TPSA) is 35.8 Å². The largest absolute Gasteiger partial charge is 0.313 e. The first-order valence-corrected chi connectivity index (χ1v) is 8.29. The summed E-state index contributed by atoms with van der Waals surface area (Å²) in [5, 5.41) is 12.2. The van der Waals surface area contributed by atoms with Crippen LogP contribution in [0.25, 0.3) is 0 Å². The number of thioether (sulfide) groups is 1. The van der Waals surface area contributed by atoms with E-state index >= 15 is 0 Å². The maximum atomic E-state index is 8.74. The number of aryl methyl sites for hydroxylation is 1. The van der Waals surface area contributed by atoms with Gasteiger partial charge < -0.3 is 5.32 Å². The summed E-state index contributed by atoms with van der Waals surface area (Å²) < 4.78 is 0. The van der Waals surface area contributed by atoms with Crippen LogP contribution < -0.4 is 5.32 Å². The van der Waals surface area contributed by atoms with E-state index in [9.17, 15) is 0 Å². The fourth-order valence-electron chi connectivity index (χ4n) is 2.16. The predicted molar refractivity (Wildman–Crippen MR) is 88.2 cm³/mol. The maximum Gasteiger partial charge on any atom is 0.0307 e. The third-order valence-corrected chi connectivity index (χ3v) is 4.15. The van der Waals surface area contributed by atoms with Crippen LogP contribution in [-0.4, -0.2) is 12.8 Å². The SMILES string of the molecule is CSc1ccccc1CNCCCc1[c-]cc(C#N)cc1.[Ho].